The zero-order chi connectivity index (χ0) is 17.8. The van der Waals surface area contributed by atoms with Gasteiger partial charge in [0, 0.05) is 21.7 Å². The highest BCUT2D eigenvalue weighted by Crippen LogP contribution is 2.20. The first-order valence-corrected chi connectivity index (χ1v) is 7.88. The number of anilines is 1. The summed E-state index contributed by atoms with van der Waals surface area (Å²) < 4.78 is 13.7. The molecule has 124 valence electrons. The standard InChI is InChI=1S/C20H13ClFNO2/c21-16-10-11-18(17(22)12-16)23-20(25)15-8-6-14(7-9-15)19(24)13-4-2-1-3-5-13/h1-12H,(H,23,25). The fraction of sp³-hybridized carbons (Fsp3) is 0. The Balaban J connectivity index is 1.75. The number of hydrogen-bond acceptors (Lipinski definition) is 2. The highest BCUT2D eigenvalue weighted by atomic mass is 35.5. The van der Waals surface area contributed by atoms with Crippen LogP contribution in [0.15, 0.2) is 72.8 Å². The van der Waals surface area contributed by atoms with Crippen molar-refractivity contribution in [1.82, 2.24) is 0 Å². The summed E-state index contributed by atoms with van der Waals surface area (Å²) in [7, 11) is 0. The first kappa shape index (κ1) is 16.9. The van der Waals surface area contributed by atoms with Crippen LogP contribution < -0.4 is 5.32 Å². The fourth-order valence-corrected chi connectivity index (χ4v) is 2.47. The molecule has 0 radical (unpaired) electrons. The van der Waals surface area contributed by atoms with E-state index in [9.17, 15) is 14.0 Å². The van der Waals surface area contributed by atoms with Gasteiger partial charge >= 0.3 is 0 Å². The molecule has 1 N–H and O–H groups in total. The SMILES string of the molecule is O=C(Nc1ccc(Cl)cc1F)c1ccc(C(=O)c2ccccc2)cc1. The molecule has 0 atom stereocenters. The summed E-state index contributed by atoms with van der Waals surface area (Å²) in [4.78, 5) is 24.5. The number of ketones is 1. The highest BCUT2D eigenvalue weighted by molar-refractivity contribution is 6.30. The van der Waals surface area contributed by atoms with Crippen molar-refractivity contribution in [2.24, 2.45) is 0 Å². The Morgan fingerprint density at radius 1 is 0.800 bits per heavy atom. The molecule has 0 aliphatic rings. The molecule has 0 spiro atoms. The lowest BCUT2D eigenvalue weighted by Gasteiger charge is -2.07. The lowest BCUT2D eigenvalue weighted by Crippen LogP contribution is -2.13. The Morgan fingerprint density at radius 2 is 1.40 bits per heavy atom. The van der Waals surface area contributed by atoms with Gasteiger partial charge < -0.3 is 5.32 Å². The fourth-order valence-electron chi connectivity index (χ4n) is 2.31. The molecule has 0 heterocycles. The number of carbonyl (C=O) groups is 2. The lowest BCUT2D eigenvalue weighted by atomic mass is 10.0. The molecule has 0 aromatic heterocycles. The first-order valence-electron chi connectivity index (χ1n) is 7.51. The first-order chi connectivity index (χ1) is 12.0. The Morgan fingerprint density at radius 3 is 2.04 bits per heavy atom. The predicted octanol–water partition coefficient (Wildman–Crippen LogP) is 4.96. The van der Waals surface area contributed by atoms with E-state index in [1.807, 2.05) is 6.07 Å². The molecule has 3 aromatic rings. The van der Waals surface area contributed by atoms with Gasteiger partial charge in [-0.3, -0.25) is 9.59 Å². The zero-order valence-electron chi connectivity index (χ0n) is 13.0. The minimum atomic E-state index is -0.614. The van der Waals surface area contributed by atoms with Gasteiger partial charge in [0.25, 0.3) is 5.91 Å². The van der Waals surface area contributed by atoms with Gasteiger partial charge in [-0.05, 0) is 30.3 Å². The maximum absolute atomic E-state index is 13.7. The summed E-state index contributed by atoms with van der Waals surface area (Å²) in [6.45, 7) is 0. The van der Waals surface area contributed by atoms with Gasteiger partial charge in [0.2, 0.25) is 0 Å². The zero-order valence-corrected chi connectivity index (χ0v) is 13.8. The molecule has 0 fully saturated rings. The monoisotopic (exact) mass is 353 g/mol. The minimum Gasteiger partial charge on any atom is -0.319 e. The van der Waals surface area contributed by atoms with E-state index in [2.05, 4.69) is 5.32 Å². The van der Waals surface area contributed by atoms with Crippen LogP contribution in [-0.2, 0) is 0 Å². The Bertz CT molecular complexity index is 924. The summed E-state index contributed by atoms with van der Waals surface area (Å²) in [6.07, 6.45) is 0. The summed E-state index contributed by atoms with van der Waals surface area (Å²) in [5.74, 6) is -1.21. The summed E-state index contributed by atoms with van der Waals surface area (Å²) in [5.41, 5.74) is 1.40. The molecule has 5 heteroatoms. The Hall–Kier alpha value is -2.98. The quantitative estimate of drug-likeness (QED) is 0.674. The van der Waals surface area contributed by atoms with Gasteiger partial charge in [-0.1, -0.05) is 54.1 Å². The van der Waals surface area contributed by atoms with Crippen LogP contribution in [0.25, 0.3) is 0 Å². The molecule has 25 heavy (non-hydrogen) atoms. The Labute approximate surface area is 149 Å². The number of halogens is 2. The highest BCUT2D eigenvalue weighted by Gasteiger charge is 2.12. The van der Waals surface area contributed by atoms with Crippen LogP contribution in [-0.4, -0.2) is 11.7 Å². The number of rotatable bonds is 4. The van der Waals surface area contributed by atoms with Crippen LogP contribution in [0.2, 0.25) is 5.02 Å². The number of hydrogen-bond donors (Lipinski definition) is 1. The van der Waals surface area contributed by atoms with E-state index in [4.69, 9.17) is 11.6 Å². The third-order valence-electron chi connectivity index (χ3n) is 3.62. The molecule has 1 amide bonds. The smallest absolute Gasteiger partial charge is 0.255 e. The molecule has 0 bridgehead atoms. The second-order valence-corrected chi connectivity index (χ2v) is 5.79. The normalized spacial score (nSPS) is 10.3. The van der Waals surface area contributed by atoms with Gasteiger partial charge in [0.1, 0.15) is 5.82 Å². The van der Waals surface area contributed by atoms with Crippen molar-refractivity contribution in [3.8, 4) is 0 Å². The van der Waals surface area contributed by atoms with Crippen molar-refractivity contribution < 1.29 is 14.0 Å². The van der Waals surface area contributed by atoms with Crippen molar-refractivity contribution >= 4 is 29.0 Å². The van der Waals surface area contributed by atoms with Crippen molar-refractivity contribution in [2.45, 2.75) is 0 Å². The summed E-state index contributed by atoms with van der Waals surface area (Å²) in [6, 6.07) is 19.1. The molecule has 0 aliphatic heterocycles. The molecule has 0 unspecified atom stereocenters. The van der Waals surface area contributed by atoms with Crippen molar-refractivity contribution in [3.05, 3.63) is 100 Å². The Kier molecular flexibility index (Phi) is 4.91. The molecule has 0 saturated carbocycles. The van der Waals surface area contributed by atoms with E-state index in [1.54, 1.807) is 36.4 Å². The third-order valence-corrected chi connectivity index (χ3v) is 3.86. The van der Waals surface area contributed by atoms with Crippen LogP contribution in [0.5, 0.6) is 0 Å². The van der Waals surface area contributed by atoms with Gasteiger partial charge in [-0.15, -0.1) is 0 Å². The van der Waals surface area contributed by atoms with E-state index in [-0.39, 0.29) is 16.5 Å². The third kappa shape index (κ3) is 3.92. The molecule has 3 aromatic carbocycles. The van der Waals surface area contributed by atoms with Gasteiger partial charge in [0.15, 0.2) is 5.78 Å². The predicted molar refractivity (Wildman–Crippen MR) is 95.7 cm³/mol. The maximum atomic E-state index is 13.7. The van der Waals surface area contributed by atoms with Crippen molar-refractivity contribution in [1.29, 1.82) is 0 Å². The topological polar surface area (TPSA) is 46.2 Å². The van der Waals surface area contributed by atoms with E-state index < -0.39 is 11.7 Å². The lowest BCUT2D eigenvalue weighted by molar-refractivity contribution is 0.101. The molecular weight excluding hydrogens is 341 g/mol. The van der Waals surface area contributed by atoms with Crippen LogP contribution in [0, 0.1) is 5.82 Å². The molecule has 3 rings (SSSR count). The number of carbonyl (C=O) groups excluding carboxylic acids is 2. The number of benzene rings is 3. The van der Waals surface area contributed by atoms with E-state index in [0.717, 1.165) is 6.07 Å². The van der Waals surface area contributed by atoms with Crippen molar-refractivity contribution in [3.63, 3.8) is 0 Å². The summed E-state index contributed by atoms with van der Waals surface area (Å²) >= 11 is 5.68. The van der Waals surface area contributed by atoms with E-state index in [0.29, 0.717) is 16.7 Å². The summed E-state index contributed by atoms with van der Waals surface area (Å²) in [5, 5.41) is 2.73. The molecular formula is C20H13ClFNO2. The minimum absolute atomic E-state index is 0.0406. The second kappa shape index (κ2) is 7.28. The average Bonchev–Trinajstić information content (AvgIpc) is 2.64. The van der Waals surface area contributed by atoms with Crippen molar-refractivity contribution in [2.75, 3.05) is 5.32 Å². The maximum Gasteiger partial charge on any atom is 0.255 e. The van der Waals surface area contributed by atoms with Gasteiger partial charge in [0.05, 0.1) is 5.69 Å². The largest absolute Gasteiger partial charge is 0.319 e. The van der Waals surface area contributed by atoms with E-state index >= 15 is 0 Å². The second-order valence-electron chi connectivity index (χ2n) is 5.35. The average molecular weight is 354 g/mol. The van der Waals surface area contributed by atoms with Gasteiger partial charge in [-0.25, -0.2) is 4.39 Å². The van der Waals surface area contributed by atoms with Crippen LogP contribution in [0.3, 0.4) is 0 Å². The van der Waals surface area contributed by atoms with Crippen LogP contribution >= 0.6 is 11.6 Å². The number of amides is 1. The van der Waals surface area contributed by atoms with Gasteiger partial charge in [-0.2, -0.15) is 0 Å². The number of nitrogens with one attached hydrogen (secondary N) is 1. The van der Waals surface area contributed by atoms with Crippen LogP contribution in [0.1, 0.15) is 26.3 Å². The van der Waals surface area contributed by atoms with Crippen LogP contribution in [0.4, 0.5) is 10.1 Å². The molecule has 0 saturated heterocycles. The molecule has 3 nitrogen and oxygen atoms in total. The molecule has 0 aliphatic carbocycles. The van der Waals surface area contributed by atoms with E-state index in [1.165, 1.54) is 24.3 Å².